The third-order valence-electron chi connectivity index (χ3n) is 4.24. The highest BCUT2D eigenvalue weighted by atomic mass is 16.5. The third-order valence-corrected chi connectivity index (χ3v) is 4.24. The molecule has 3 aromatic carbocycles. The molecule has 1 N–H and O–H groups in total. The summed E-state index contributed by atoms with van der Waals surface area (Å²) in [6, 6.07) is 26.9. The Bertz CT molecular complexity index is 899. The van der Waals surface area contributed by atoms with E-state index in [1.54, 1.807) is 18.2 Å². The molecule has 0 aliphatic rings. The first-order chi connectivity index (χ1) is 13.2. The quantitative estimate of drug-likeness (QED) is 0.337. The van der Waals surface area contributed by atoms with Gasteiger partial charge in [0.2, 0.25) is 0 Å². The summed E-state index contributed by atoms with van der Waals surface area (Å²) in [6.07, 6.45) is 3.51. The molecule has 0 amide bonds. The maximum Gasteiger partial charge on any atom is 0.336 e. The van der Waals surface area contributed by atoms with Gasteiger partial charge in [-0.2, -0.15) is 0 Å². The number of carboxylic acids is 1. The Balaban J connectivity index is 1.72. The van der Waals surface area contributed by atoms with Gasteiger partial charge in [-0.3, -0.25) is 0 Å². The van der Waals surface area contributed by atoms with E-state index >= 15 is 0 Å². The van der Waals surface area contributed by atoms with Crippen molar-refractivity contribution in [2.45, 2.75) is 12.8 Å². The molecule has 0 atom stereocenters. The van der Waals surface area contributed by atoms with Crippen LogP contribution in [0.2, 0.25) is 0 Å². The predicted molar refractivity (Wildman–Crippen MR) is 109 cm³/mol. The molecule has 0 aromatic heterocycles. The molecule has 0 unspecified atom stereocenters. The third kappa shape index (κ3) is 5.32. The van der Waals surface area contributed by atoms with Crippen molar-refractivity contribution in [2.24, 2.45) is 0 Å². The minimum atomic E-state index is -0.958. The maximum absolute atomic E-state index is 11.7. The fourth-order valence-corrected chi connectivity index (χ4v) is 2.88. The summed E-state index contributed by atoms with van der Waals surface area (Å²) >= 11 is 0. The average Bonchev–Trinajstić information content (AvgIpc) is 2.71. The lowest BCUT2D eigenvalue weighted by Crippen LogP contribution is -2.02. The van der Waals surface area contributed by atoms with Crippen LogP contribution >= 0.6 is 0 Å². The Labute approximate surface area is 159 Å². The van der Waals surface area contributed by atoms with E-state index in [-0.39, 0.29) is 5.57 Å². The fourth-order valence-electron chi connectivity index (χ4n) is 2.88. The van der Waals surface area contributed by atoms with Gasteiger partial charge in [0.1, 0.15) is 5.75 Å². The number of para-hydroxylation sites is 1. The average molecular weight is 358 g/mol. The van der Waals surface area contributed by atoms with Crippen molar-refractivity contribution in [2.75, 3.05) is 6.61 Å². The summed E-state index contributed by atoms with van der Waals surface area (Å²) in [5, 5.41) is 9.61. The molecular formula is C24H22O3. The zero-order valence-corrected chi connectivity index (χ0v) is 15.0. The van der Waals surface area contributed by atoms with Crippen LogP contribution in [0.5, 0.6) is 5.75 Å². The summed E-state index contributed by atoms with van der Waals surface area (Å²) in [7, 11) is 0. The monoisotopic (exact) mass is 358 g/mol. The Morgan fingerprint density at radius 3 is 2.19 bits per heavy atom. The van der Waals surface area contributed by atoms with Crippen molar-refractivity contribution in [3.8, 4) is 5.75 Å². The highest BCUT2D eigenvalue weighted by molar-refractivity contribution is 6.20. The van der Waals surface area contributed by atoms with Crippen molar-refractivity contribution in [3.05, 3.63) is 102 Å². The van der Waals surface area contributed by atoms with Crippen molar-refractivity contribution < 1.29 is 14.6 Å². The molecule has 0 fully saturated rings. The molecule has 0 aliphatic heterocycles. The van der Waals surface area contributed by atoms with Crippen LogP contribution in [0.1, 0.15) is 23.1 Å². The number of hydrogen-bond donors (Lipinski definition) is 1. The second-order valence-corrected chi connectivity index (χ2v) is 6.20. The van der Waals surface area contributed by atoms with E-state index in [0.717, 1.165) is 18.4 Å². The molecule has 3 nitrogen and oxygen atoms in total. The van der Waals surface area contributed by atoms with Crippen LogP contribution in [0.3, 0.4) is 0 Å². The number of hydrogen-bond acceptors (Lipinski definition) is 2. The lowest BCUT2D eigenvalue weighted by molar-refractivity contribution is -0.130. The summed E-state index contributed by atoms with van der Waals surface area (Å²) < 4.78 is 5.94. The Hall–Kier alpha value is -3.33. The van der Waals surface area contributed by atoms with Crippen molar-refractivity contribution in [3.63, 3.8) is 0 Å². The largest absolute Gasteiger partial charge is 0.493 e. The number of aliphatic carboxylic acids is 1. The molecule has 0 bridgehead atoms. The number of aryl methyl sites for hydroxylation is 1. The molecule has 0 radical (unpaired) electrons. The van der Waals surface area contributed by atoms with E-state index < -0.39 is 5.97 Å². The molecule has 0 saturated heterocycles. The molecule has 0 heterocycles. The normalized spacial score (nSPS) is 11.2. The first-order valence-electron chi connectivity index (χ1n) is 9.00. The highest BCUT2D eigenvalue weighted by Crippen LogP contribution is 2.25. The van der Waals surface area contributed by atoms with Gasteiger partial charge < -0.3 is 9.84 Å². The first-order valence-corrected chi connectivity index (χ1v) is 9.00. The molecule has 3 heteroatoms. The van der Waals surface area contributed by atoms with Gasteiger partial charge in [-0.1, -0.05) is 78.9 Å². The molecule has 0 saturated carbocycles. The Morgan fingerprint density at radius 1 is 0.852 bits per heavy atom. The van der Waals surface area contributed by atoms with Gasteiger partial charge in [0.25, 0.3) is 0 Å². The van der Waals surface area contributed by atoms with Crippen LogP contribution in [-0.2, 0) is 11.2 Å². The number of carboxylic acid groups (broad SMARTS) is 1. The van der Waals surface area contributed by atoms with Crippen LogP contribution in [-0.4, -0.2) is 17.7 Å². The van der Waals surface area contributed by atoms with Gasteiger partial charge in [0, 0.05) is 5.56 Å². The van der Waals surface area contributed by atoms with Gasteiger partial charge in [0.05, 0.1) is 12.2 Å². The zero-order valence-electron chi connectivity index (χ0n) is 15.0. The standard InChI is InChI=1S/C24H22O3/c25-24(26)22(20-13-5-2-6-14-20)18-21-15-7-8-16-23(21)27-17-9-12-19-10-3-1-4-11-19/h1-8,10-11,13-16,18H,9,12,17H2,(H,25,26)/b22-18-. The minimum absolute atomic E-state index is 0.246. The number of benzene rings is 3. The molecule has 136 valence electrons. The summed E-state index contributed by atoms with van der Waals surface area (Å²) in [5.41, 5.74) is 2.96. The van der Waals surface area contributed by atoms with E-state index in [1.807, 2.05) is 60.7 Å². The topological polar surface area (TPSA) is 46.5 Å². The van der Waals surface area contributed by atoms with E-state index in [0.29, 0.717) is 17.9 Å². The van der Waals surface area contributed by atoms with E-state index in [2.05, 4.69) is 12.1 Å². The highest BCUT2D eigenvalue weighted by Gasteiger charge is 2.11. The van der Waals surface area contributed by atoms with E-state index in [9.17, 15) is 9.90 Å². The van der Waals surface area contributed by atoms with Gasteiger partial charge in [0.15, 0.2) is 0 Å². The molecule has 0 spiro atoms. The predicted octanol–water partition coefficient (Wildman–Crippen LogP) is 5.32. The summed E-state index contributed by atoms with van der Waals surface area (Å²) in [6.45, 7) is 0.577. The molecule has 27 heavy (non-hydrogen) atoms. The van der Waals surface area contributed by atoms with Crippen LogP contribution < -0.4 is 4.74 Å². The first kappa shape index (κ1) is 18.5. The van der Waals surface area contributed by atoms with E-state index in [4.69, 9.17) is 4.74 Å². The Morgan fingerprint density at radius 2 is 1.48 bits per heavy atom. The van der Waals surface area contributed by atoms with Crippen molar-refractivity contribution in [1.82, 2.24) is 0 Å². The SMILES string of the molecule is O=C(O)/C(=C\c1ccccc1OCCCc1ccccc1)c1ccccc1. The van der Waals surface area contributed by atoms with Crippen LogP contribution in [0, 0.1) is 0 Å². The number of rotatable bonds is 8. The number of carbonyl (C=O) groups is 1. The van der Waals surface area contributed by atoms with Crippen LogP contribution in [0.15, 0.2) is 84.9 Å². The summed E-state index contributed by atoms with van der Waals surface area (Å²) in [5.74, 6) is -0.264. The second-order valence-electron chi connectivity index (χ2n) is 6.20. The van der Waals surface area contributed by atoms with Crippen molar-refractivity contribution in [1.29, 1.82) is 0 Å². The number of ether oxygens (including phenoxy) is 1. The van der Waals surface area contributed by atoms with Gasteiger partial charge in [-0.25, -0.2) is 4.79 Å². The lowest BCUT2D eigenvalue weighted by atomic mass is 10.0. The fraction of sp³-hybridized carbons (Fsp3) is 0.125. The molecule has 0 aliphatic carbocycles. The Kier molecular flexibility index (Phi) is 6.42. The molecule has 3 rings (SSSR count). The molecular weight excluding hydrogens is 336 g/mol. The molecule has 3 aromatic rings. The lowest BCUT2D eigenvalue weighted by Gasteiger charge is -2.10. The van der Waals surface area contributed by atoms with E-state index in [1.165, 1.54) is 5.56 Å². The second kappa shape index (κ2) is 9.39. The smallest absolute Gasteiger partial charge is 0.336 e. The summed E-state index contributed by atoms with van der Waals surface area (Å²) in [4.78, 5) is 11.7. The van der Waals surface area contributed by atoms with Gasteiger partial charge >= 0.3 is 5.97 Å². The maximum atomic E-state index is 11.7. The minimum Gasteiger partial charge on any atom is -0.493 e. The van der Waals surface area contributed by atoms with Crippen molar-refractivity contribution >= 4 is 17.6 Å². The van der Waals surface area contributed by atoms with Gasteiger partial charge in [-0.15, -0.1) is 0 Å². The van der Waals surface area contributed by atoms with Crippen LogP contribution in [0.4, 0.5) is 0 Å². The zero-order chi connectivity index (χ0) is 18.9. The van der Waals surface area contributed by atoms with Crippen LogP contribution in [0.25, 0.3) is 11.6 Å². The van der Waals surface area contributed by atoms with Gasteiger partial charge in [-0.05, 0) is 36.1 Å².